The molecule has 2 heterocycles. The number of aliphatic hydroxyl groups excluding tert-OH is 1. The molecule has 0 amide bonds. The van der Waals surface area contributed by atoms with E-state index < -0.39 is 0 Å². The fraction of sp³-hybridized carbons (Fsp3) is 0.538. The number of aliphatic hydroxyl groups is 1. The van der Waals surface area contributed by atoms with Gasteiger partial charge in [0.25, 0.3) is 0 Å². The van der Waals surface area contributed by atoms with Crippen LogP contribution >= 0.6 is 0 Å². The van der Waals surface area contributed by atoms with Crippen molar-refractivity contribution in [2.24, 2.45) is 0 Å². The molecule has 0 aliphatic carbocycles. The van der Waals surface area contributed by atoms with Gasteiger partial charge in [0.15, 0.2) is 5.78 Å². The third-order valence-corrected chi connectivity index (χ3v) is 3.26. The molecular formula is C13H19N3O2. The number of nitrogens with zero attached hydrogens (tertiary/aromatic N) is 3. The SMILES string of the molecule is CC(=O)c1ccc(N2CCN(CCO)CC2)cn1. The van der Waals surface area contributed by atoms with Gasteiger partial charge in [-0.1, -0.05) is 0 Å². The number of β-amino-alcohol motifs (C(OH)–C–C–N with tert-alkyl or cyclic N) is 1. The van der Waals surface area contributed by atoms with E-state index in [0.29, 0.717) is 5.69 Å². The fourth-order valence-corrected chi connectivity index (χ4v) is 2.15. The fourth-order valence-electron chi connectivity index (χ4n) is 2.15. The molecule has 0 spiro atoms. The number of hydrogen-bond acceptors (Lipinski definition) is 5. The summed E-state index contributed by atoms with van der Waals surface area (Å²) < 4.78 is 0. The molecule has 2 rings (SSSR count). The van der Waals surface area contributed by atoms with Crippen LogP contribution in [0.4, 0.5) is 5.69 Å². The number of piperazine rings is 1. The number of anilines is 1. The number of carbonyl (C=O) groups excluding carboxylic acids is 1. The first-order valence-corrected chi connectivity index (χ1v) is 6.26. The van der Waals surface area contributed by atoms with E-state index in [4.69, 9.17) is 5.11 Å². The van der Waals surface area contributed by atoms with Crippen LogP contribution in [0.3, 0.4) is 0 Å². The van der Waals surface area contributed by atoms with Gasteiger partial charge in [-0.3, -0.25) is 14.7 Å². The third kappa shape index (κ3) is 3.05. The lowest BCUT2D eigenvalue weighted by molar-refractivity contribution is 0.101. The Morgan fingerprint density at radius 2 is 2.06 bits per heavy atom. The summed E-state index contributed by atoms with van der Waals surface area (Å²) in [5.41, 5.74) is 1.57. The molecule has 1 aromatic rings. The molecule has 1 aliphatic rings. The Labute approximate surface area is 107 Å². The molecule has 1 saturated heterocycles. The van der Waals surface area contributed by atoms with Gasteiger partial charge in [-0.25, -0.2) is 0 Å². The van der Waals surface area contributed by atoms with Crippen LogP contribution < -0.4 is 4.90 Å². The predicted molar refractivity (Wildman–Crippen MR) is 70.0 cm³/mol. The summed E-state index contributed by atoms with van der Waals surface area (Å²) in [6, 6.07) is 3.73. The Morgan fingerprint density at radius 3 is 2.56 bits per heavy atom. The summed E-state index contributed by atoms with van der Waals surface area (Å²) in [6.07, 6.45) is 1.76. The minimum atomic E-state index is -0.00526. The summed E-state index contributed by atoms with van der Waals surface area (Å²) >= 11 is 0. The number of carbonyl (C=O) groups is 1. The normalized spacial score (nSPS) is 16.9. The Balaban J connectivity index is 1.95. The quantitative estimate of drug-likeness (QED) is 0.783. The zero-order chi connectivity index (χ0) is 13.0. The lowest BCUT2D eigenvalue weighted by atomic mass is 10.2. The minimum Gasteiger partial charge on any atom is -0.395 e. The second-order valence-corrected chi connectivity index (χ2v) is 4.51. The maximum Gasteiger partial charge on any atom is 0.178 e. The van der Waals surface area contributed by atoms with Gasteiger partial charge in [-0.05, 0) is 12.1 Å². The number of aromatic nitrogens is 1. The highest BCUT2D eigenvalue weighted by molar-refractivity contribution is 5.92. The van der Waals surface area contributed by atoms with Crippen LogP contribution in [0.2, 0.25) is 0 Å². The van der Waals surface area contributed by atoms with Crippen molar-refractivity contribution in [3.63, 3.8) is 0 Å². The van der Waals surface area contributed by atoms with Gasteiger partial charge in [0.2, 0.25) is 0 Å². The molecule has 0 saturated carbocycles. The first kappa shape index (κ1) is 13.0. The number of pyridine rings is 1. The Morgan fingerprint density at radius 1 is 1.33 bits per heavy atom. The second-order valence-electron chi connectivity index (χ2n) is 4.51. The number of Topliss-reactive ketones (excluding diaryl/α,β-unsaturated/α-hetero) is 1. The standard InChI is InChI=1S/C13H19N3O2/c1-11(18)13-3-2-12(10-14-13)16-6-4-15(5-7-16)8-9-17/h2-3,10,17H,4-9H2,1H3. The molecule has 18 heavy (non-hydrogen) atoms. The molecule has 0 unspecified atom stereocenters. The Kier molecular flexibility index (Phi) is 4.28. The van der Waals surface area contributed by atoms with E-state index in [9.17, 15) is 4.79 Å². The summed E-state index contributed by atoms with van der Waals surface area (Å²) in [4.78, 5) is 19.8. The largest absolute Gasteiger partial charge is 0.395 e. The van der Waals surface area contributed by atoms with Gasteiger partial charge in [0.05, 0.1) is 18.5 Å². The van der Waals surface area contributed by atoms with E-state index >= 15 is 0 Å². The molecule has 0 radical (unpaired) electrons. The minimum absolute atomic E-state index is 0.00526. The topological polar surface area (TPSA) is 56.7 Å². The zero-order valence-corrected chi connectivity index (χ0v) is 10.7. The van der Waals surface area contributed by atoms with Gasteiger partial charge in [-0.15, -0.1) is 0 Å². The van der Waals surface area contributed by atoms with E-state index in [-0.39, 0.29) is 12.4 Å². The summed E-state index contributed by atoms with van der Waals surface area (Å²) in [6.45, 7) is 6.26. The highest BCUT2D eigenvalue weighted by Gasteiger charge is 2.16. The van der Waals surface area contributed by atoms with Crippen molar-refractivity contribution < 1.29 is 9.90 Å². The molecule has 0 aromatic carbocycles. The second kappa shape index (κ2) is 5.93. The average Bonchev–Trinajstić information content (AvgIpc) is 2.40. The van der Waals surface area contributed by atoms with E-state index in [1.165, 1.54) is 6.92 Å². The van der Waals surface area contributed by atoms with Crippen LogP contribution in [0.5, 0.6) is 0 Å². The molecule has 0 bridgehead atoms. The van der Waals surface area contributed by atoms with Crippen molar-refractivity contribution in [2.45, 2.75) is 6.92 Å². The van der Waals surface area contributed by atoms with Gasteiger partial charge >= 0.3 is 0 Å². The van der Waals surface area contributed by atoms with Crippen molar-refractivity contribution >= 4 is 11.5 Å². The molecule has 0 atom stereocenters. The molecule has 98 valence electrons. The lowest BCUT2D eigenvalue weighted by Crippen LogP contribution is -2.47. The van der Waals surface area contributed by atoms with Gasteiger partial charge in [0, 0.05) is 39.6 Å². The van der Waals surface area contributed by atoms with E-state index in [1.54, 1.807) is 12.3 Å². The highest BCUT2D eigenvalue weighted by Crippen LogP contribution is 2.15. The van der Waals surface area contributed by atoms with Gasteiger partial charge < -0.3 is 10.0 Å². The first-order chi connectivity index (χ1) is 8.70. The summed E-state index contributed by atoms with van der Waals surface area (Å²) in [7, 11) is 0. The number of rotatable bonds is 4. The summed E-state index contributed by atoms with van der Waals surface area (Å²) in [5, 5.41) is 8.89. The first-order valence-electron chi connectivity index (χ1n) is 6.26. The molecule has 1 N–H and O–H groups in total. The molecular weight excluding hydrogens is 230 g/mol. The monoisotopic (exact) mass is 249 g/mol. The van der Waals surface area contributed by atoms with Crippen molar-refractivity contribution in [3.8, 4) is 0 Å². The number of ketones is 1. The van der Waals surface area contributed by atoms with Crippen molar-refractivity contribution in [3.05, 3.63) is 24.0 Å². The number of hydrogen-bond donors (Lipinski definition) is 1. The van der Waals surface area contributed by atoms with Gasteiger partial charge in [0.1, 0.15) is 5.69 Å². The van der Waals surface area contributed by atoms with E-state index in [1.807, 2.05) is 6.07 Å². The maximum absolute atomic E-state index is 11.1. The molecule has 1 aliphatic heterocycles. The average molecular weight is 249 g/mol. The van der Waals surface area contributed by atoms with Crippen LogP contribution in [0, 0.1) is 0 Å². The van der Waals surface area contributed by atoms with Crippen molar-refractivity contribution in [1.29, 1.82) is 0 Å². The highest BCUT2D eigenvalue weighted by atomic mass is 16.3. The smallest absolute Gasteiger partial charge is 0.178 e. The molecule has 5 heteroatoms. The van der Waals surface area contributed by atoms with Crippen molar-refractivity contribution in [2.75, 3.05) is 44.2 Å². The van der Waals surface area contributed by atoms with Crippen LogP contribution in [-0.4, -0.2) is 60.1 Å². The maximum atomic E-state index is 11.1. The molecule has 5 nitrogen and oxygen atoms in total. The van der Waals surface area contributed by atoms with Crippen LogP contribution in [-0.2, 0) is 0 Å². The lowest BCUT2D eigenvalue weighted by Gasteiger charge is -2.35. The van der Waals surface area contributed by atoms with Crippen molar-refractivity contribution in [1.82, 2.24) is 9.88 Å². The van der Waals surface area contributed by atoms with E-state index in [0.717, 1.165) is 38.4 Å². The predicted octanol–water partition coefficient (Wildman–Crippen LogP) is 0.398. The molecule has 1 aromatic heterocycles. The zero-order valence-electron chi connectivity index (χ0n) is 10.7. The van der Waals surface area contributed by atoms with Crippen LogP contribution in [0.15, 0.2) is 18.3 Å². The Bertz CT molecular complexity index is 397. The molecule has 1 fully saturated rings. The van der Waals surface area contributed by atoms with Gasteiger partial charge in [-0.2, -0.15) is 0 Å². The Hall–Kier alpha value is -1.46. The van der Waals surface area contributed by atoms with Crippen LogP contribution in [0.25, 0.3) is 0 Å². The summed E-state index contributed by atoms with van der Waals surface area (Å²) in [5.74, 6) is -0.00526. The van der Waals surface area contributed by atoms with E-state index in [2.05, 4.69) is 14.8 Å². The third-order valence-electron chi connectivity index (χ3n) is 3.26. The van der Waals surface area contributed by atoms with Crippen LogP contribution in [0.1, 0.15) is 17.4 Å².